The fraction of sp³-hybridized carbons (Fsp3) is 0.103. The number of esters is 1. The molecule has 0 spiro atoms. The predicted molar refractivity (Wildman–Crippen MR) is 140 cm³/mol. The lowest BCUT2D eigenvalue weighted by Gasteiger charge is -2.13. The first-order valence-corrected chi connectivity index (χ1v) is 11.8. The molecule has 8 nitrogen and oxygen atoms in total. The van der Waals surface area contributed by atoms with Crippen LogP contribution in [0.25, 0.3) is 16.7 Å². The highest BCUT2D eigenvalue weighted by Crippen LogP contribution is 2.26. The highest BCUT2D eigenvalue weighted by Gasteiger charge is 2.23. The molecule has 8 heteroatoms. The van der Waals surface area contributed by atoms with E-state index in [9.17, 15) is 9.59 Å². The van der Waals surface area contributed by atoms with Crippen LogP contribution < -0.4 is 10.1 Å². The second-order valence-corrected chi connectivity index (χ2v) is 8.25. The molecule has 3 aromatic carbocycles. The van der Waals surface area contributed by atoms with Crippen LogP contribution in [0.5, 0.6) is 11.5 Å². The van der Waals surface area contributed by atoms with Crippen molar-refractivity contribution in [3.05, 3.63) is 108 Å². The van der Waals surface area contributed by atoms with Crippen LogP contribution in [0.15, 0.2) is 91.1 Å². The Morgan fingerprint density at radius 1 is 0.919 bits per heavy atom. The van der Waals surface area contributed by atoms with Crippen molar-refractivity contribution in [2.24, 2.45) is 0 Å². The summed E-state index contributed by atoms with van der Waals surface area (Å²) in [5, 5.41) is 8.21. The van der Waals surface area contributed by atoms with E-state index in [1.807, 2.05) is 67.6 Å². The molecule has 0 atom stereocenters. The first-order valence-electron chi connectivity index (χ1n) is 11.8. The molecule has 0 fully saturated rings. The molecule has 0 bridgehead atoms. The van der Waals surface area contributed by atoms with Crippen molar-refractivity contribution in [3.8, 4) is 17.3 Å². The number of nitrogens with one attached hydrogen (secondary N) is 1. The SMILES string of the molecule is CCOC(=O)c1cnn(-c2cc(C)c3ccccc3n2)c1NC(=O)c1cccc(Oc2ccccc2)c1. The Balaban J connectivity index is 1.51. The van der Waals surface area contributed by atoms with E-state index in [1.165, 1.54) is 10.9 Å². The van der Waals surface area contributed by atoms with E-state index in [0.717, 1.165) is 16.5 Å². The summed E-state index contributed by atoms with van der Waals surface area (Å²) in [6.45, 7) is 3.87. The Bertz CT molecular complexity index is 1590. The van der Waals surface area contributed by atoms with E-state index in [4.69, 9.17) is 14.5 Å². The van der Waals surface area contributed by atoms with Gasteiger partial charge in [-0.1, -0.05) is 42.5 Å². The number of benzene rings is 3. The second-order valence-electron chi connectivity index (χ2n) is 8.25. The van der Waals surface area contributed by atoms with Gasteiger partial charge in [-0.3, -0.25) is 4.79 Å². The minimum Gasteiger partial charge on any atom is -0.462 e. The van der Waals surface area contributed by atoms with Crippen molar-refractivity contribution >= 4 is 28.6 Å². The lowest BCUT2D eigenvalue weighted by Crippen LogP contribution is -2.18. The van der Waals surface area contributed by atoms with Crippen LogP contribution in [0.2, 0.25) is 0 Å². The minimum absolute atomic E-state index is 0.125. The number of carbonyl (C=O) groups excluding carboxylic acids is 2. The average molecular weight is 493 g/mol. The zero-order valence-corrected chi connectivity index (χ0v) is 20.3. The largest absolute Gasteiger partial charge is 0.462 e. The molecule has 1 amide bonds. The molecule has 5 aromatic rings. The van der Waals surface area contributed by atoms with Gasteiger partial charge in [-0.05, 0) is 61.9 Å². The Morgan fingerprint density at radius 3 is 2.49 bits per heavy atom. The van der Waals surface area contributed by atoms with Gasteiger partial charge in [0, 0.05) is 10.9 Å². The molecule has 1 N–H and O–H groups in total. The Morgan fingerprint density at radius 2 is 1.68 bits per heavy atom. The van der Waals surface area contributed by atoms with Crippen LogP contribution in [0, 0.1) is 6.92 Å². The molecule has 37 heavy (non-hydrogen) atoms. The van der Waals surface area contributed by atoms with Crippen LogP contribution in [-0.4, -0.2) is 33.2 Å². The molecular formula is C29H24N4O4. The Hall–Kier alpha value is -4.98. The number of hydrogen-bond donors (Lipinski definition) is 1. The number of rotatable bonds is 7. The van der Waals surface area contributed by atoms with Gasteiger partial charge in [0.2, 0.25) is 0 Å². The van der Waals surface area contributed by atoms with E-state index in [1.54, 1.807) is 31.2 Å². The van der Waals surface area contributed by atoms with Crippen molar-refractivity contribution in [1.82, 2.24) is 14.8 Å². The third-order valence-corrected chi connectivity index (χ3v) is 5.70. The molecule has 184 valence electrons. The predicted octanol–water partition coefficient (Wildman–Crippen LogP) is 5.95. The van der Waals surface area contributed by atoms with Gasteiger partial charge in [0.25, 0.3) is 5.91 Å². The maximum atomic E-state index is 13.3. The zero-order valence-electron chi connectivity index (χ0n) is 20.3. The molecule has 0 saturated carbocycles. The normalized spacial score (nSPS) is 10.8. The molecule has 0 aliphatic carbocycles. The Labute approximate surface area is 213 Å². The number of ether oxygens (including phenoxy) is 2. The quantitative estimate of drug-likeness (QED) is 0.282. The lowest BCUT2D eigenvalue weighted by molar-refractivity contribution is 0.0527. The summed E-state index contributed by atoms with van der Waals surface area (Å²) in [6, 6.07) is 25.7. The second kappa shape index (κ2) is 10.3. The molecule has 2 aromatic heterocycles. The number of aromatic nitrogens is 3. The van der Waals surface area contributed by atoms with E-state index in [0.29, 0.717) is 22.9 Å². The van der Waals surface area contributed by atoms with Crippen LogP contribution in [0.3, 0.4) is 0 Å². The monoisotopic (exact) mass is 492 g/mol. The van der Waals surface area contributed by atoms with Crippen LogP contribution in [-0.2, 0) is 4.74 Å². The lowest BCUT2D eigenvalue weighted by atomic mass is 10.1. The number of para-hydroxylation sites is 2. The average Bonchev–Trinajstić information content (AvgIpc) is 3.33. The van der Waals surface area contributed by atoms with E-state index in [-0.39, 0.29) is 18.0 Å². The number of anilines is 1. The summed E-state index contributed by atoms with van der Waals surface area (Å²) in [4.78, 5) is 30.7. The van der Waals surface area contributed by atoms with Gasteiger partial charge in [-0.15, -0.1) is 0 Å². The van der Waals surface area contributed by atoms with Crippen molar-refractivity contribution in [2.45, 2.75) is 13.8 Å². The number of amides is 1. The van der Waals surface area contributed by atoms with E-state index in [2.05, 4.69) is 10.4 Å². The molecule has 0 saturated heterocycles. The number of aryl methyl sites for hydroxylation is 1. The molecular weight excluding hydrogens is 468 g/mol. The number of hydrogen-bond acceptors (Lipinski definition) is 6. The number of pyridine rings is 1. The van der Waals surface area contributed by atoms with Gasteiger partial charge < -0.3 is 14.8 Å². The molecule has 0 aliphatic heterocycles. The van der Waals surface area contributed by atoms with Crippen molar-refractivity contribution in [1.29, 1.82) is 0 Å². The minimum atomic E-state index is -0.595. The molecule has 0 unspecified atom stereocenters. The molecule has 5 rings (SSSR count). The standard InChI is InChI=1S/C29H24N4O4/c1-3-36-29(35)24-18-30-33(26-16-19(2)23-14-7-8-15-25(23)31-26)27(24)32-28(34)20-10-9-13-22(17-20)37-21-11-5-4-6-12-21/h4-18H,3H2,1-2H3,(H,32,34). The van der Waals surface area contributed by atoms with Gasteiger partial charge >= 0.3 is 5.97 Å². The Kier molecular flexibility index (Phi) is 6.63. The van der Waals surface area contributed by atoms with Crippen molar-refractivity contribution < 1.29 is 19.1 Å². The maximum absolute atomic E-state index is 13.3. The van der Waals surface area contributed by atoms with Crippen molar-refractivity contribution in [3.63, 3.8) is 0 Å². The van der Waals surface area contributed by atoms with Crippen molar-refractivity contribution in [2.75, 3.05) is 11.9 Å². The fourth-order valence-electron chi connectivity index (χ4n) is 3.95. The summed E-state index contributed by atoms with van der Waals surface area (Å²) in [5.41, 5.74) is 2.23. The molecule has 2 heterocycles. The van der Waals surface area contributed by atoms with Gasteiger partial charge in [-0.25, -0.2) is 9.78 Å². The third kappa shape index (κ3) is 5.04. The van der Waals surface area contributed by atoms with E-state index >= 15 is 0 Å². The first kappa shape index (κ1) is 23.7. The highest BCUT2D eigenvalue weighted by molar-refractivity contribution is 6.07. The number of carbonyl (C=O) groups is 2. The maximum Gasteiger partial charge on any atom is 0.343 e. The van der Waals surface area contributed by atoms with Crippen LogP contribution >= 0.6 is 0 Å². The molecule has 0 radical (unpaired) electrons. The zero-order chi connectivity index (χ0) is 25.8. The van der Waals surface area contributed by atoms with Gasteiger partial charge in [0.05, 0.1) is 18.3 Å². The van der Waals surface area contributed by atoms with Gasteiger partial charge in [0.1, 0.15) is 17.1 Å². The molecule has 0 aliphatic rings. The van der Waals surface area contributed by atoms with Gasteiger partial charge in [-0.2, -0.15) is 9.78 Å². The number of nitrogens with zero attached hydrogens (tertiary/aromatic N) is 3. The first-order chi connectivity index (χ1) is 18.0. The summed E-state index contributed by atoms with van der Waals surface area (Å²) in [6.07, 6.45) is 1.37. The van der Waals surface area contributed by atoms with Gasteiger partial charge in [0.15, 0.2) is 11.6 Å². The van der Waals surface area contributed by atoms with Crippen LogP contribution in [0.4, 0.5) is 5.82 Å². The number of fused-ring (bicyclic) bond motifs is 1. The van der Waals surface area contributed by atoms with Crippen LogP contribution in [0.1, 0.15) is 33.2 Å². The summed E-state index contributed by atoms with van der Waals surface area (Å²) >= 11 is 0. The smallest absolute Gasteiger partial charge is 0.343 e. The fourth-order valence-corrected chi connectivity index (χ4v) is 3.95. The highest BCUT2D eigenvalue weighted by atomic mass is 16.5. The summed E-state index contributed by atoms with van der Waals surface area (Å²) in [7, 11) is 0. The summed E-state index contributed by atoms with van der Waals surface area (Å²) < 4.78 is 12.5. The summed E-state index contributed by atoms with van der Waals surface area (Å²) in [5.74, 6) is 0.750. The topological polar surface area (TPSA) is 95.3 Å². The third-order valence-electron chi connectivity index (χ3n) is 5.70. The van der Waals surface area contributed by atoms with E-state index < -0.39 is 11.9 Å².